The molecule has 0 fully saturated rings. The Morgan fingerprint density at radius 1 is 0.731 bits per heavy atom. The second-order valence-electron chi connectivity index (χ2n) is 6.26. The first kappa shape index (κ1) is 17.7. The fourth-order valence-electron chi connectivity index (χ4n) is 2.86. The van der Waals surface area contributed by atoms with Gasteiger partial charge in [-0.25, -0.2) is 0 Å². The third kappa shape index (κ3) is 5.49. The Balaban J connectivity index is 1.58. The van der Waals surface area contributed by atoms with Gasteiger partial charge in [0.1, 0.15) is 0 Å². The molecule has 0 aliphatic carbocycles. The molecule has 0 aromatic heterocycles. The van der Waals surface area contributed by atoms with Crippen molar-refractivity contribution in [2.75, 3.05) is 11.4 Å². The van der Waals surface area contributed by atoms with E-state index in [1.807, 2.05) is 66.7 Å². The molecule has 0 heterocycles. The van der Waals surface area contributed by atoms with Gasteiger partial charge in [-0.15, -0.1) is 0 Å². The molecular weight excluding hydrogens is 320 g/mol. The van der Waals surface area contributed by atoms with Gasteiger partial charge in [-0.05, 0) is 23.3 Å². The number of anilines is 1. The first-order valence-electron chi connectivity index (χ1n) is 8.96. The molecule has 0 aliphatic heterocycles. The van der Waals surface area contributed by atoms with Crippen molar-refractivity contribution >= 4 is 11.6 Å². The molecule has 0 spiro atoms. The summed E-state index contributed by atoms with van der Waals surface area (Å²) in [5, 5.41) is 3.00. The third-order valence-electron chi connectivity index (χ3n) is 4.28. The standard InChI is InChI=1S/C23H24N2O/c26-23(24-18-20-10-4-1-5-11-20)16-17-25(22-14-8-3-9-15-22)19-21-12-6-2-7-13-21/h1-15H,16-19H2,(H,24,26). The molecule has 0 atom stereocenters. The number of amides is 1. The summed E-state index contributed by atoms with van der Waals surface area (Å²) in [6.45, 7) is 2.04. The summed E-state index contributed by atoms with van der Waals surface area (Å²) in [5.41, 5.74) is 3.48. The molecule has 0 saturated heterocycles. The van der Waals surface area contributed by atoms with Gasteiger partial charge >= 0.3 is 0 Å². The van der Waals surface area contributed by atoms with Crippen LogP contribution in [0.2, 0.25) is 0 Å². The molecule has 3 aromatic carbocycles. The molecule has 3 aromatic rings. The zero-order chi connectivity index (χ0) is 18.0. The van der Waals surface area contributed by atoms with Crippen LogP contribution < -0.4 is 10.2 Å². The summed E-state index contributed by atoms with van der Waals surface area (Å²) in [7, 11) is 0. The largest absolute Gasteiger partial charge is 0.367 e. The van der Waals surface area contributed by atoms with E-state index in [0.29, 0.717) is 19.5 Å². The number of para-hydroxylation sites is 1. The van der Waals surface area contributed by atoms with Gasteiger partial charge in [0.05, 0.1) is 0 Å². The number of carbonyl (C=O) groups excluding carboxylic acids is 1. The Morgan fingerprint density at radius 2 is 1.27 bits per heavy atom. The molecule has 1 amide bonds. The van der Waals surface area contributed by atoms with Crippen molar-refractivity contribution in [1.29, 1.82) is 0 Å². The Morgan fingerprint density at radius 3 is 1.88 bits per heavy atom. The zero-order valence-corrected chi connectivity index (χ0v) is 14.8. The molecule has 26 heavy (non-hydrogen) atoms. The van der Waals surface area contributed by atoms with E-state index in [0.717, 1.165) is 17.8 Å². The van der Waals surface area contributed by atoms with Gasteiger partial charge in [0, 0.05) is 31.7 Å². The topological polar surface area (TPSA) is 32.3 Å². The number of nitrogens with one attached hydrogen (secondary N) is 1. The fourth-order valence-corrected chi connectivity index (χ4v) is 2.86. The minimum atomic E-state index is 0.0721. The highest BCUT2D eigenvalue weighted by Crippen LogP contribution is 2.17. The number of benzene rings is 3. The molecule has 0 bridgehead atoms. The SMILES string of the molecule is O=C(CCN(Cc1ccccc1)c1ccccc1)NCc1ccccc1. The zero-order valence-electron chi connectivity index (χ0n) is 14.8. The van der Waals surface area contributed by atoms with Crippen LogP contribution in [0.4, 0.5) is 5.69 Å². The second kappa shape index (κ2) is 9.42. The maximum absolute atomic E-state index is 12.3. The van der Waals surface area contributed by atoms with E-state index in [4.69, 9.17) is 0 Å². The number of rotatable bonds is 8. The van der Waals surface area contributed by atoms with Crippen molar-refractivity contribution in [3.8, 4) is 0 Å². The number of hydrogen-bond donors (Lipinski definition) is 1. The van der Waals surface area contributed by atoms with Crippen LogP contribution in [0.3, 0.4) is 0 Å². The van der Waals surface area contributed by atoms with Crippen LogP contribution in [-0.2, 0) is 17.9 Å². The van der Waals surface area contributed by atoms with Gasteiger partial charge in [-0.3, -0.25) is 4.79 Å². The Bertz CT molecular complexity index is 788. The number of carbonyl (C=O) groups is 1. The lowest BCUT2D eigenvalue weighted by molar-refractivity contribution is -0.121. The summed E-state index contributed by atoms with van der Waals surface area (Å²) in [6.07, 6.45) is 0.467. The average Bonchev–Trinajstić information content (AvgIpc) is 2.72. The summed E-state index contributed by atoms with van der Waals surface area (Å²) in [6, 6.07) is 30.6. The minimum absolute atomic E-state index is 0.0721. The monoisotopic (exact) mass is 344 g/mol. The smallest absolute Gasteiger partial charge is 0.222 e. The van der Waals surface area contributed by atoms with Crippen LogP contribution in [0.15, 0.2) is 91.0 Å². The van der Waals surface area contributed by atoms with Gasteiger partial charge in [0.25, 0.3) is 0 Å². The van der Waals surface area contributed by atoms with E-state index < -0.39 is 0 Å². The van der Waals surface area contributed by atoms with Crippen LogP contribution in [0, 0.1) is 0 Å². The van der Waals surface area contributed by atoms with Crippen LogP contribution in [0.25, 0.3) is 0 Å². The molecule has 1 N–H and O–H groups in total. The molecule has 0 unspecified atom stereocenters. The van der Waals surface area contributed by atoms with Crippen LogP contribution >= 0.6 is 0 Å². The van der Waals surface area contributed by atoms with E-state index in [-0.39, 0.29) is 5.91 Å². The first-order valence-corrected chi connectivity index (χ1v) is 8.96. The van der Waals surface area contributed by atoms with Crippen molar-refractivity contribution in [2.45, 2.75) is 19.5 Å². The van der Waals surface area contributed by atoms with Crippen LogP contribution in [-0.4, -0.2) is 12.5 Å². The summed E-state index contributed by atoms with van der Waals surface area (Å²) in [5.74, 6) is 0.0721. The number of nitrogens with zero attached hydrogens (tertiary/aromatic N) is 1. The second-order valence-corrected chi connectivity index (χ2v) is 6.26. The van der Waals surface area contributed by atoms with E-state index in [9.17, 15) is 4.79 Å². The van der Waals surface area contributed by atoms with E-state index in [2.05, 4.69) is 34.5 Å². The molecule has 0 aliphatic rings. The van der Waals surface area contributed by atoms with Gasteiger partial charge in [-0.2, -0.15) is 0 Å². The van der Waals surface area contributed by atoms with Crippen molar-refractivity contribution in [2.24, 2.45) is 0 Å². The lowest BCUT2D eigenvalue weighted by Crippen LogP contribution is -2.30. The van der Waals surface area contributed by atoms with E-state index in [1.54, 1.807) is 0 Å². The molecule has 0 saturated carbocycles. The van der Waals surface area contributed by atoms with Crippen molar-refractivity contribution in [3.05, 3.63) is 102 Å². The fraction of sp³-hybridized carbons (Fsp3) is 0.174. The van der Waals surface area contributed by atoms with Crippen molar-refractivity contribution in [3.63, 3.8) is 0 Å². The van der Waals surface area contributed by atoms with Gasteiger partial charge in [-0.1, -0.05) is 78.9 Å². The highest BCUT2D eigenvalue weighted by Gasteiger charge is 2.10. The predicted octanol–water partition coefficient (Wildman–Crippen LogP) is 4.40. The lowest BCUT2D eigenvalue weighted by Gasteiger charge is -2.25. The Hall–Kier alpha value is -3.07. The van der Waals surface area contributed by atoms with Crippen molar-refractivity contribution in [1.82, 2.24) is 5.32 Å². The van der Waals surface area contributed by atoms with E-state index in [1.165, 1.54) is 5.56 Å². The quantitative estimate of drug-likeness (QED) is 0.657. The maximum atomic E-state index is 12.3. The van der Waals surface area contributed by atoms with Crippen molar-refractivity contribution < 1.29 is 4.79 Å². The number of hydrogen-bond acceptors (Lipinski definition) is 2. The van der Waals surface area contributed by atoms with Gasteiger partial charge < -0.3 is 10.2 Å². The summed E-state index contributed by atoms with van der Waals surface area (Å²) >= 11 is 0. The predicted molar refractivity (Wildman–Crippen MR) is 107 cm³/mol. The molecule has 0 radical (unpaired) electrons. The third-order valence-corrected chi connectivity index (χ3v) is 4.28. The molecule has 3 nitrogen and oxygen atoms in total. The summed E-state index contributed by atoms with van der Waals surface area (Å²) in [4.78, 5) is 14.5. The normalized spacial score (nSPS) is 10.3. The molecule has 132 valence electrons. The minimum Gasteiger partial charge on any atom is -0.367 e. The molecule has 3 heteroatoms. The van der Waals surface area contributed by atoms with Crippen LogP contribution in [0.1, 0.15) is 17.5 Å². The van der Waals surface area contributed by atoms with Gasteiger partial charge in [0.15, 0.2) is 0 Å². The average molecular weight is 344 g/mol. The highest BCUT2D eigenvalue weighted by molar-refractivity contribution is 5.76. The molecular formula is C23H24N2O. The van der Waals surface area contributed by atoms with Gasteiger partial charge in [0.2, 0.25) is 5.91 Å². The highest BCUT2D eigenvalue weighted by atomic mass is 16.1. The lowest BCUT2D eigenvalue weighted by atomic mass is 10.2. The van der Waals surface area contributed by atoms with E-state index >= 15 is 0 Å². The van der Waals surface area contributed by atoms with Crippen LogP contribution in [0.5, 0.6) is 0 Å². The Labute approximate surface area is 155 Å². The summed E-state index contributed by atoms with van der Waals surface area (Å²) < 4.78 is 0. The maximum Gasteiger partial charge on any atom is 0.222 e. The Kier molecular flexibility index (Phi) is 6.43. The first-order chi connectivity index (χ1) is 12.8. The molecule has 3 rings (SSSR count).